The number of ether oxygens (including phenoxy) is 1. The second-order valence-corrected chi connectivity index (χ2v) is 3.41. The maximum Gasteiger partial charge on any atom is 0.339 e. The Labute approximate surface area is 92.5 Å². The van der Waals surface area contributed by atoms with Gasteiger partial charge in [-0.3, -0.25) is 4.98 Å². The van der Waals surface area contributed by atoms with Crippen LogP contribution in [0.25, 0.3) is 10.8 Å². The predicted molar refractivity (Wildman–Crippen MR) is 58.7 cm³/mol. The first-order chi connectivity index (χ1) is 7.72. The number of hydrogen-bond donors (Lipinski definition) is 1. The van der Waals surface area contributed by atoms with Gasteiger partial charge in [-0.25, -0.2) is 4.79 Å². The summed E-state index contributed by atoms with van der Waals surface area (Å²) in [4.78, 5) is 15.1. The van der Waals surface area contributed by atoms with Gasteiger partial charge in [0.05, 0.1) is 7.11 Å². The van der Waals surface area contributed by atoms with Crippen molar-refractivity contribution in [3.8, 4) is 0 Å². The van der Waals surface area contributed by atoms with E-state index < -0.39 is 12.1 Å². The van der Waals surface area contributed by atoms with Crippen molar-refractivity contribution in [2.24, 2.45) is 0 Å². The van der Waals surface area contributed by atoms with E-state index in [4.69, 9.17) is 0 Å². The lowest BCUT2D eigenvalue weighted by Crippen LogP contribution is -2.13. The van der Waals surface area contributed by atoms with Gasteiger partial charge in [0.2, 0.25) is 0 Å². The van der Waals surface area contributed by atoms with Crippen LogP contribution in [0, 0.1) is 0 Å². The van der Waals surface area contributed by atoms with E-state index in [0.29, 0.717) is 5.56 Å². The van der Waals surface area contributed by atoms with Crippen LogP contribution in [0.4, 0.5) is 0 Å². The van der Waals surface area contributed by atoms with Crippen LogP contribution in [0.5, 0.6) is 0 Å². The summed E-state index contributed by atoms with van der Waals surface area (Å²) in [6.45, 7) is 0. The lowest BCUT2D eigenvalue weighted by atomic mass is 10.1. The Morgan fingerprint density at radius 2 is 2.19 bits per heavy atom. The number of rotatable bonds is 2. The first-order valence-electron chi connectivity index (χ1n) is 4.82. The molecule has 1 atom stereocenters. The molecule has 0 aliphatic rings. The summed E-state index contributed by atoms with van der Waals surface area (Å²) in [6.07, 6.45) is 2.16. The molecule has 82 valence electrons. The molecule has 2 aromatic rings. The van der Waals surface area contributed by atoms with Gasteiger partial charge in [-0.15, -0.1) is 0 Å². The summed E-state index contributed by atoms with van der Waals surface area (Å²) in [5.74, 6) is -0.659. The first-order valence-corrected chi connectivity index (χ1v) is 4.82. The van der Waals surface area contributed by atoms with Gasteiger partial charge < -0.3 is 9.84 Å². The predicted octanol–water partition coefficient (Wildman–Crippen LogP) is 1.44. The van der Waals surface area contributed by atoms with Crippen molar-refractivity contribution in [2.45, 2.75) is 6.10 Å². The molecule has 0 aliphatic heterocycles. The number of aromatic nitrogens is 1. The second-order valence-electron chi connectivity index (χ2n) is 3.41. The number of esters is 1. The van der Waals surface area contributed by atoms with Crippen LogP contribution in [0.1, 0.15) is 11.7 Å². The minimum atomic E-state index is -1.23. The first kappa shape index (κ1) is 10.6. The lowest BCUT2D eigenvalue weighted by molar-refractivity contribution is -0.150. The highest BCUT2D eigenvalue weighted by atomic mass is 16.5. The number of methoxy groups -OCH3 is 1. The zero-order valence-corrected chi connectivity index (χ0v) is 8.75. The van der Waals surface area contributed by atoms with Gasteiger partial charge in [-0.2, -0.15) is 0 Å². The molecule has 4 nitrogen and oxygen atoms in total. The molecule has 16 heavy (non-hydrogen) atoms. The van der Waals surface area contributed by atoms with Crippen molar-refractivity contribution in [3.05, 3.63) is 42.2 Å². The van der Waals surface area contributed by atoms with Crippen LogP contribution < -0.4 is 0 Å². The fourth-order valence-electron chi connectivity index (χ4n) is 1.52. The van der Waals surface area contributed by atoms with Crippen molar-refractivity contribution >= 4 is 16.7 Å². The molecule has 1 aromatic heterocycles. The van der Waals surface area contributed by atoms with Gasteiger partial charge in [-0.05, 0) is 23.1 Å². The van der Waals surface area contributed by atoms with Crippen molar-refractivity contribution in [3.63, 3.8) is 0 Å². The molecule has 1 heterocycles. The average Bonchev–Trinajstić information content (AvgIpc) is 2.36. The number of hydrogen-bond acceptors (Lipinski definition) is 4. The van der Waals surface area contributed by atoms with Crippen molar-refractivity contribution in [1.29, 1.82) is 0 Å². The Balaban J connectivity index is 2.43. The molecular formula is C12H11NO3. The van der Waals surface area contributed by atoms with E-state index in [0.717, 1.165) is 10.8 Å². The van der Waals surface area contributed by atoms with Gasteiger partial charge in [0, 0.05) is 17.8 Å². The van der Waals surface area contributed by atoms with E-state index >= 15 is 0 Å². The third-order valence-electron chi connectivity index (χ3n) is 2.40. The highest BCUT2D eigenvalue weighted by Gasteiger charge is 2.17. The van der Waals surface area contributed by atoms with E-state index in [-0.39, 0.29) is 0 Å². The van der Waals surface area contributed by atoms with E-state index in [1.807, 2.05) is 12.1 Å². The number of carbonyl (C=O) groups excluding carboxylic acids is 1. The summed E-state index contributed by atoms with van der Waals surface area (Å²) in [5.41, 5.74) is 0.519. The summed E-state index contributed by atoms with van der Waals surface area (Å²) >= 11 is 0. The molecule has 0 amide bonds. The Hall–Kier alpha value is -1.94. The molecular weight excluding hydrogens is 206 g/mol. The van der Waals surface area contributed by atoms with Crippen LogP contribution in [0.3, 0.4) is 0 Å². The van der Waals surface area contributed by atoms with Crippen LogP contribution in [-0.4, -0.2) is 23.2 Å². The summed E-state index contributed by atoms with van der Waals surface area (Å²) in [6, 6.07) is 7.07. The highest BCUT2D eigenvalue weighted by molar-refractivity contribution is 5.84. The molecule has 0 bridgehead atoms. The van der Waals surface area contributed by atoms with Crippen LogP contribution in [0.2, 0.25) is 0 Å². The Morgan fingerprint density at radius 1 is 1.38 bits per heavy atom. The molecule has 0 saturated carbocycles. The monoisotopic (exact) mass is 217 g/mol. The smallest absolute Gasteiger partial charge is 0.339 e. The number of carbonyl (C=O) groups is 1. The zero-order chi connectivity index (χ0) is 11.5. The normalized spacial score (nSPS) is 12.4. The van der Waals surface area contributed by atoms with Crippen molar-refractivity contribution in [2.75, 3.05) is 7.11 Å². The minimum absolute atomic E-state index is 0.519. The van der Waals surface area contributed by atoms with Gasteiger partial charge in [0.15, 0.2) is 6.10 Å². The summed E-state index contributed by atoms with van der Waals surface area (Å²) in [7, 11) is 1.25. The second kappa shape index (κ2) is 4.28. The van der Waals surface area contributed by atoms with E-state index in [1.165, 1.54) is 7.11 Å². The van der Waals surface area contributed by atoms with Crippen molar-refractivity contribution in [1.82, 2.24) is 4.98 Å². The number of aliphatic hydroxyl groups excluding tert-OH is 1. The third-order valence-corrected chi connectivity index (χ3v) is 2.40. The molecule has 1 N–H and O–H groups in total. The topological polar surface area (TPSA) is 59.4 Å². The van der Waals surface area contributed by atoms with Crippen LogP contribution in [0.15, 0.2) is 36.7 Å². The molecule has 0 saturated heterocycles. The summed E-state index contributed by atoms with van der Waals surface area (Å²) < 4.78 is 4.48. The molecule has 0 radical (unpaired) electrons. The molecule has 2 rings (SSSR count). The largest absolute Gasteiger partial charge is 0.467 e. The summed E-state index contributed by atoms with van der Waals surface area (Å²) in [5, 5.41) is 11.5. The van der Waals surface area contributed by atoms with Gasteiger partial charge in [0.25, 0.3) is 0 Å². The quantitative estimate of drug-likeness (QED) is 0.773. The van der Waals surface area contributed by atoms with Crippen LogP contribution >= 0.6 is 0 Å². The van der Waals surface area contributed by atoms with E-state index in [2.05, 4.69) is 9.72 Å². The number of nitrogens with zero attached hydrogens (tertiary/aromatic N) is 1. The number of benzene rings is 1. The molecule has 0 aliphatic carbocycles. The number of fused-ring (bicyclic) bond motifs is 1. The fourth-order valence-corrected chi connectivity index (χ4v) is 1.52. The van der Waals surface area contributed by atoms with Crippen LogP contribution in [-0.2, 0) is 9.53 Å². The van der Waals surface area contributed by atoms with Gasteiger partial charge >= 0.3 is 5.97 Å². The molecule has 1 aromatic carbocycles. The third kappa shape index (κ3) is 1.87. The molecule has 4 heteroatoms. The maximum atomic E-state index is 11.2. The van der Waals surface area contributed by atoms with E-state index in [9.17, 15) is 9.90 Å². The Kier molecular flexibility index (Phi) is 2.83. The average molecular weight is 217 g/mol. The fraction of sp³-hybridized carbons (Fsp3) is 0.167. The zero-order valence-electron chi connectivity index (χ0n) is 8.75. The highest BCUT2D eigenvalue weighted by Crippen LogP contribution is 2.20. The number of aliphatic hydroxyl groups is 1. The standard InChI is InChI=1S/C12H11NO3/c1-16-12(15)11(14)9-2-3-10-7-13-5-4-8(10)6-9/h2-7,11,14H,1H3. The SMILES string of the molecule is COC(=O)C(O)c1ccc2cnccc2c1. The molecule has 1 unspecified atom stereocenters. The maximum absolute atomic E-state index is 11.2. The van der Waals surface area contributed by atoms with Gasteiger partial charge in [0.1, 0.15) is 0 Å². The Bertz CT molecular complexity index is 524. The molecule has 0 spiro atoms. The molecule has 0 fully saturated rings. The van der Waals surface area contributed by atoms with Crippen molar-refractivity contribution < 1.29 is 14.6 Å². The number of pyridine rings is 1. The lowest BCUT2D eigenvalue weighted by Gasteiger charge is -2.09. The Morgan fingerprint density at radius 3 is 2.94 bits per heavy atom. The van der Waals surface area contributed by atoms with Gasteiger partial charge in [-0.1, -0.05) is 12.1 Å². The van der Waals surface area contributed by atoms with E-state index in [1.54, 1.807) is 24.5 Å². The minimum Gasteiger partial charge on any atom is -0.467 e.